The number of nitro benzene ring substituents is 1. The number of Topliss-reactive ketones (excluding diaryl/α,β-unsaturated/α-hetero) is 1. The fourth-order valence-electron chi connectivity index (χ4n) is 2.56. The SMILES string of the molecule is COCCN1C(=O)C(O)=C(C(C)=O)[C@H]1c1ccc([N+](=O)[O-])cc1. The van der Waals surface area contributed by atoms with Gasteiger partial charge < -0.3 is 14.7 Å². The van der Waals surface area contributed by atoms with E-state index >= 15 is 0 Å². The molecule has 1 N–H and O–H groups in total. The van der Waals surface area contributed by atoms with Gasteiger partial charge in [0.1, 0.15) is 0 Å². The minimum atomic E-state index is -0.782. The zero-order valence-corrected chi connectivity index (χ0v) is 12.7. The molecule has 1 amide bonds. The predicted octanol–water partition coefficient (Wildman–Crippen LogP) is 1.53. The first-order valence-corrected chi connectivity index (χ1v) is 6.86. The van der Waals surface area contributed by atoms with Gasteiger partial charge in [0.2, 0.25) is 0 Å². The standard InChI is InChI=1S/C15H16N2O6/c1-9(18)12-13(10-3-5-11(6-4-10)17(21)22)16(7-8-23-2)15(20)14(12)19/h3-6,13,19H,7-8H2,1-2H3/t13-/m1/s1. The summed E-state index contributed by atoms with van der Waals surface area (Å²) in [6, 6.07) is 4.74. The van der Waals surface area contributed by atoms with Crippen molar-refractivity contribution in [3.63, 3.8) is 0 Å². The number of hydrogen-bond donors (Lipinski definition) is 1. The van der Waals surface area contributed by atoms with Crippen LogP contribution in [0.3, 0.4) is 0 Å². The van der Waals surface area contributed by atoms with Gasteiger partial charge in [-0.1, -0.05) is 0 Å². The third-order valence-corrected chi connectivity index (χ3v) is 3.64. The van der Waals surface area contributed by atoms with Crippen LogP contribution in [-0.2, 0) is 14.3 Å². The first-order valence-electron chi connectivity index (χ1n) is 6.86. The fourth-order valence-corrected chi connectivity index (χ4v) is 2.56. The molecule has 2 rings (SSSR count). The van der Waals surface area contributed by atoms with Gasteiger partial charge in [-0.15, -0.1) is 0 Å². The van der Waals surface area contributed by atoms with Crippen LogP contribution in [0.1, 0.15) is 18.5 Å². The molecule has 0 radical (unpaired) electrons. The van der Waals surface area contributed by atoms with E-state index in [9.17, 15) is 24.8 Å². The monoisotopic (exact) mass is 320 g/mol. The number of hydrogen-bond acceptors (Lipinski definition) is 6. The Hall–Kier alpha value is -2.74. The second kappa shape index (κ2) is 6.57. The van der Waals surface area contributed by atoms with Crippen LogP contribution in [0, 0.1) is 10.1 Å². The van der Waals surface area contributed by atoms with Gasteiger partial charge in [-0.05, 0) is 24.6 Å². The van der Waals surface area contributed by atoms with Crippen molar-refractivity contribution in [2.75, 3.05) is 20.3 Å². The maximum atomic E-state index is 12.2. The summed E-state index contributed by atoms with van der Waals surface area (Å²) in [4.78, 5) is 35.5. The number of carbonyl (C=O) groups excluding carboxylic acids is 2. The zero-order chi connectivity index (χ0) is 17.1. The van der Waals surface area contributed by atoms with Crippen LogP contribution in [0.2, 0.25) is 0 Å². The topological polar surface area (TPSA) is 110 Å². The van der Waals surface area contributed by atoms with E-state index in [0.29, 0.717) is 5.56 Å². The lowest BCUT2D eigenvalue weighted by atomic mass is 9.96. The summed E-state index contributed by atoms with van der Waals surface area (Å²) in [6.07, 6.45) is 0. The first-order chi connectivity index (χ1) is 10.9. The van der Waals surface area contributed by atoms with E-state index in [2.05, 4.69) is 0 Å². The van der Waals surface area contributed by atoms with Crippen LogP contribution in [0.4, 0.5) is 5.69 Å². The Kier molecular flexibility index (Phi) is 4.75. The highest BCUT2D eigenvalue weighted by atomic mass is 16.6. The number of rotatable bonds is 6. The highest BCUT2D eigenvalue weighted by Gasteiger charge is 2.42. The maximum absolute atomic E-state index is 12.2. The van der Waals surface area contributed by atoms with Crippen molar-refractivity contribution in [2.24, 2.45) is 0 Å². The Morgan fingerprint density at radius 1 is 1.39 bits per heavy atom. The number of nitro groups is 1. The average Bonchev–Trinajstić information content (AvgIpc) is 2.77. The molecule has 0 spiro atoms. The zero-order valence-electron chi connectivity index (χ0n) is 12.7. The molecule has 0 saturated carbocycles. The number of ether oxygens (including phenoxy) is 1. The lowest BCUT2D eigenvalue weighted by molar-refractivity contribution is -0.384. The number of non-ortho nitro benzene ring substituents is 1. The van der Waals surface area contributed by atoms with Gasteiger partial charge in [-0.2, -0.15) is 0 Å². The molecular formula is C15H16N2O6. The summed E-state index contributed by atoms with van der Waals surface area (Å²) in [5, 5.41) is 20.7. The minimum Gasteiger partial charge on any atom is -0.503 e. The van der Waals surface area contributed by atoms with E-state index in [0.717, 1.165) is 0 Å². The number of benzene rings is 1. The van der Waals surface area contributed by atoms with E-state index in [1.807, 2.05) is 0 Å². The molecule has 0 saturated heterocycles. The van der Waals surface area contributed by atoms with Crippen LogP contribution in [0.5, 0.6) is 0 Å². The van der Waals surface area contributed by atoms with Gasteiger partial charge in [0, 0.05) is 25.8 Å². The van der Waals surface area contributed by atoms with Gasteiger partial charge in [-0.3, -0.25) is 19.7 Å². The van der Waals surface area contributed by atoms with Crippen LogP contribution in [0.15, 0.2) is 35.6 Å². The minimum absolute atomic E-state index is 0.0139. The third kappa shape index (κ3) is 3.07. The summed E-state index contributed by atoms with van der Waals surface area (Å²) in [7, 11) is 1.47. The number of amides is 1. The van der Waals surface area contributed by atoms with Gasteiger partial charge >= 0.3 is 0 Å². The molecule has 0 bridgehead atoms. The number of methoxy groups -OCH3 is 1. The van der Waals surface area contributed by atoms with Crippen LogP contribution >= 0.6 is 0 Å². The first kappa shape index (κ1) is 16.6. The number of nitrogens with zero attached hydrogens (tertiary/aromatic N) is 2. The number of carbonyl (C=O) groups is 2. The summed E-state index contributed by atoms with van der Waals surface area (Å²) >= 11 is 0. The molecule has 1 heterocycles. The van der Waals surface area contributed by atoms with E-state index < -0.39 is 28.4 Å². The molecule has 0 unspecified atom stereocenters. The molecule has 1 aliphatic rings. The molecule has 0 aliphatic carbocycles. The highest BCUT2D eigenvalue weighted by molar-refractivity contribution is 6.08. The molecular weight excluding hydrogens is 304 g/mol. The number of ketones is 1. The molecule has 8 heteroatoms. The molecule has 1 aliphatic heterocycles. The quantitative estimate of drug-likeness (QED) is 0.628. The molecule has 1 aromatic rings. The molecule has 1 atom stereocenters. The Labute approximate surface area is 132 Å². The number of aliphatic hydroxyl groups excluding tert-OH is 1. The maximum Gasteiger partial charge on any atom is 0.290 e. The summed E-state index contributed by atoms with van der Waals surface area (Å²) < 4.78 is 4.95. The van der Waals surface area contributed by atoms with E-state index in [1.54, 1.807) is 0 Å². The molecule has 23 heavy (non-hydrogen) atoms. The van der Waals surface area contributed by atoms with Gasteiger partial charge in [0.15, 0.2) is 11.5 Å². The smallest absolute Gasteiger partial charge is 0.290 e. The van der Waals surface area contributed by atoms with Crippen LogP contribution < -0.4 is 0 Å². The second-order valence-corrected chi connectivity index (χ2v) is 5.06. The average molecular weight is 320 g/mol. The lowest BCUT2D eigenvalue weighted by Gasteiger charge is -2.26. The van der Waals surface area contributed by atoms with E-state index in [1.165, 1.54) is 43.2 Å². The number of aliphatic hydroxyl groups is 1. The van der Waals surface area contributed by atoms with Gasteiger partial charge in [0.05, 0.1) is 23.1 Å². The Morgan fingerprint density at radius 2 is 2.00 bits per heavy atom. The molecule has 122 valence electrons. The predicted molar refractivity (Wildman–Crippen MR) is 79.8 cm³/mol. The highest BCUT2D eigenvalue weighted by Crippen LogP contribution is 2.37. The van der Waals surface area contributed by atoms with Crippen molar-refractivity contribution in [3.8, 4) is 0 Å². The third-order valence-electron chi connectivity index (χ3n) is 3.64. The molecule has 0 fully saturated rings. The normalized spacial score (nSPS) is 17.7. The Balaban J connectivity index is 2.45. The van der Waals surface area contributed by atoms with Crippen molar-refractivity contribution < 1.29 is 24.4 Å². The summed E-state index contributed by atoms with van der Waals surface area (Å²) in [6.45, 7) is 1.67. The van der Waals surface area contributed by atoms with Crippen molar-refractivity contribution in [1.29, 1.82) is 0 Å². The van der Waals surface area contributed by atoms with Gasteiger partial charge in [-0.25, -0.2) is 0 Å². The van der Waals surface area contributed by atoms with Crippen molar-refractivity contribution >= 4 is 17.4 Å². The van der Waals surface area contributed by atoms with Crippen molar-refractivity contribution in [3.05, 3.63) is 51.3 Å². The van der Waals surface area contributed by atoms with Crippen molar-refractivity contribution in [2.45, 2.75) is 13.0 Å². The largest absolute Gasteiger partial charge is 0.503 e. The van der Waals surface area contributed by atoms with Crippen LogP contribution in [0.25, 0.3) is 0 Å². The molecule has 1 aromatic carbocycles. The fraction of sp³-hybridized carbons (Fsp3) is 0.333. The Morgan fingerprint density at radius 3 is 2.48 bits per heavy atom. The molecule has 0 aromatic heterocycles. The van der Waals surface area contributed by atoms with Gasteiger partial charge in [0.25, 0.3) is 11.6 Å². The van der Waals surface area contributed by atoms with E-state index in [-0.39, 0.29) is 24.4 Å². The summed E-state index contributed by atoms with van der Waals surface area (Å²) in [5.41, 5.74) is 0.397. The van der Waals surface area contributed by atoms with Crippen LogP contribution in [-0.4, -0.2) is 46.9 Å². The van der Waals surface area contributed by atoms with E-state index in [4.69, 9.17) is 4.74 Å². The second-order valence-electron chi connectivity index (χ2n) is 5.06. The lowest BCUT2D eigenvalue weighted by Crippen LogP contribution is -2.33. The summed E-state index contributed by atoms with van der Waals surface area (Å²) in [5.74, 6) is -1.67. The molecule has 8 nitrogen and oxygen atoms in total. The van der Waals surface area contributed by atoms with Crippen molar-refractivity contribution in [1.82, 2.24) is 4.90 Å². The Bertz CT molecular complexity index is 680.